The second-order valence-corrected chi connectivity index (χ2v) is 6.85. The lowest BCUT2D eigenvalue weighted by Crippen LogP contribution is -2.47. The van der Waals surface area contributed by atoms with Crippen LogP contribution in [-0.4, -0.2) is 29.6 Å². The first kappa shape index (κ1) is 19.3. The fourth-order valence-electron chi connectivity index (χ4n) is 3.76. The van der Waals surface area contributed by atoms with E-state index in [0.717, 1.165) is 19.3 Å². The molecule has 2 unspecified atom stereocenters. The number of rotatable bonds is 3. The molecule has 0 bridgehead atoms. The quantitative estimate of drug-likeness (QED) is 0.819. The van der Waals surface area contributed by atoms with Gasteiger partial charge in [-0.25, -0.2) is 0 Å². The highest BCUT2D eigenvalue weighted by Crippen LogP contribution is 2.36. The Morgan fingerprint density at radius 3 is 2.70 bits per heavy atom. The molecule has 146 valence electrons. The van der Waals surface area contributed by atoms with E-state index >= 15 is 0 Å². The summed E-state index contributed by atoms with van der Waals surface area (Å²) >= 11 is 0. The van der Waals surface area contributed by atoms with Gasteiger partial charge in [0.05, 0.1) is 11.6 Å². The lowest BCUT2D eigenvalue weighted by molar-refractivity contribution is -0.146. The zero-order chi connectivity index (χ0) is 19.8. The summed E-state index contributed by atoms with van der Waals surface area (Å²) < 4.78 is 45.5. The van der Waals surface area contributed by atoms with Gasteiger partial charge >= 0.3 is 12.1 Å². The number of fused-ring (bicyclic) bond motifs is 1. The van der Waals surface area contributed by atoms with E-state index in [1.807, 2.05) is 4.90 Å². The van der Waals surface area contributed by atoms with Crippen LogP contribution in [0.2, 0.25) is 0 Å². The summed E-state index contributed by atoms with van der Waals surface area (Å²) in [7, 11) is 0. The molecule has 1 aliphatic heterocycles. The number of carbonyl (C=O) groups excluding carboxylic acids is 1. The van der Waals surface area contributed by atoms with Crippen LogP contribution in [-0.2, 0) is 15.7 Å². The predicted octanol–water partition coefficient (Wildman–Crippen LogP) is 3.86. The third kappa shape index (κ3) is 4.09. The molecule has 2 atom stereocenters. The minimum Gasteiger partial charge on any atom is -0.461 e. The second kappa shape index (κ2) is 7.25. The van der Waals surface area contributed by atoms with Crippen molar-refractivity contribution in [1.82, 2.24) is 4.98 Å². The Labute approximate surface area is 154 Å². The fourth-order valence-corrected chi connectivity index (χ4v) is 3.76. The van der Waals surface area contributed by atoms with Crippen molar-refractivity contribution in [1.29, 1.82) is 0 Å². The number of halogens is 3. The second-order valence-electron chi connectivity index (χ2n) is 6.85. The molecule has 0 amide bonds. The van der Waals surface area contributed by atoms with E-state index in [4.69, 9.17) is 4.74 Å². The average molecular weight is 382 g/mol. The molecular weight excluding hydrogens is 361 g/mol. The molecule has 5 nitrogen and oxygen atoms in total. The molecule has 0 spiro atoms. The molecule has 1 saturated heterocycles. The zero-order valence-electron chi connectivity index (χ0n) is 15.1. The molecule has 1 N–H and O–H groups in total. The normalized spacial score (nSPS) is 19.1. The highest BCUT2D eigenvalue weighted by molar-refractivity contribution is 5.86. The zero-order valence-corrected chi connectivity index (χ0v) is 15.1. The number of ether oxygens (including phenoxy) is 1. The lowest BCUT2D eigenvalue weighted by Gasteiger charge is -2.40. The third-order valence-corrected chi connectivity index (χ3v) is 4.91. The van der Waals surface area contributed by atoms with E-state index in [9.17, 15) is 22.8 Å². The third-order valence-electron chi connectivity index (χ3n) is 4.91. The van der Waals surface area contributed by atoms with Gasteiger partial charge in [0.15, 0.2) is 0 Å². The van der Waals surface area contributed by atoms with Crippen LogP contribution in [0.1, 0.15) is 38.7 Å². The number of esters is 1. The van der Waals surface area contributed by atoms with E-state index in [1.165, 1.54) is 19.1 Å². The average Bonchev–Trinajstić information content (AvgIpc) is 2.59. The van der Waals surface area contributed by atoms with Gasteiger partial charge in [-0.3, -0.25) is 9.59 Å². The van der Waals surface area contributed by atoms with Gasteiger partial charge in [-0.05, 0) is 44.4 Å². The van der Waals surface area contributed by atoms with Crippen LogP contribution >= 0.6 is 0 Å². The highest BCUT2D eigenvalue weighted by Gasteiger charge is 2.34. The topological polar surface area (TPSA) is 62.4 Å². The number of nitrogens with one attached hydrogen (secondary N) is 1. The molecule has 3 rings (SSSR count). The number of pyridine rings is 1. The molecule has 0 aliphatic carbocycles. The van der Waals surface area contributed by atoms with Gasteiger partial charge in [0.2, 0.25) is 5.56 Å². The maximum atomic E-state index is 13.4. The Kier molecular flexibility index (Phi) is 5.17. The number of anilines is 1. The monoisotopic (exact) mass is 382 g/mol. The van der Waals surface area contributed by atoms with E-state index in [2.05, 4.69) is 4.98 Å². The van der Waals surface area contributed by atoms with Gasteiger partial charge in [0.25, 0.3) is 0 Å². The van der Waals surface area contributed by atoms with Crippen LogP contribution in [0.5, 0.6) is 0 Å². The molecule has 1 aromatic heterocycles. The highest BCUT2D eigenvalue weighted by atomic mass is 19.4. The number of hydrogen-bond donors (Lipinski definition) is 1. The van der Waals surface area contributed by atoms with E-state index in [0.29, 0.717) is 18.3 Å². The van der Waals surface area contributed by atoms with E-state index in [1.54, 1.807) is 13.0 Å². The Morgan fingerprint density at radius 2 is 2.04 bits per heavy atom. The fraction of sp³-hybridized carbons (Fsp3) is 0.474. The van der Waals surface area contributed by atoms with Gasteiger partial charge in [0.1, 0.15) is 6.10 Å². The van der Waals surface area contributed by atoms with Crippen molar-refractivity contribution in [3.8, 4) is 0 Å². The maximum Gasteiger partial charge on any atom is 0.417 e. The van der Waals surface area contributed by atoms with Gasteiger partial charge in [0, 0.05) is 36.1 Å². The number of alkyl halides is 3. The number of H-pyrrole nitrogens is 1. The summed E-state index contributed by atoms with van der Waals surface area (Å²) in [6.07, 6.45) is -2.36. The van der Waals surface area contributed by atoms with E-state index < -0.39 is 17.3 Å². The first-order chi connectivity index (χ1) is 12.7. The summed E-state index contributed by atoms with van der Waals surface area (Å²) in [6, 6.07) is 5.10. The number of carbonyl (C=O) groups is 1. The van der Waals surface area contributed by atoms with E-state index in [-0.39, 0.29) is 29.0 Å². The molecule has 0 radical (unpaired) electrons. The number of aromatic amines is 1. The Bertz CT molecular complexity index is 907. The number of nitrogens with zero attached hydrogens (tertiary/aromatic N) is 1. The van der Waals surface area contributed by atoms with Crippen molar-refractivity contribution in [2.24, 2.45) is 0 Å². The summed E-state index contributed by atoms with van der Waals surface area (Å²) in [4.78, 5) is 27.3. The van der Waals surface area contributed by atoms with Crippen LogP contribution in [0, 0.1) is 0 Å². The minimum atomic E-state index is -4.63. The number of aromatic nitrogens is 1. The van der Waals surface area contributed by atoms with Crippen molar-refractivity contribution >= 4 is 22.6 Å². The van der Waals surface area contributed by atoms with Crippen LogP contribution in [0.25, 0.3) is 10.9 Å². The summed E-state index contributed by atoms with van der Waals surface area (Å²) in [5.41, 5.74) is -0.990. The van der Waals surface area contributed by atoms with Crippen molar-refractivity contribution in [2.75, 3.05) is 11.4 Å². The van der Waals surface area contributed by atoms with Gasteiger partial charge in [-0.2, -0.15) is 13.2 Å². The first-order valence-corrected chi connectivity index (χ1v) is 8.85. The van der Waals surface area contributed by atoms with Crippen molar-refractivity contribution in [3.63, 3.8) is 0 Å². The molecule has 8 heteroatoms. The molecule has 1 fully saturated rings. The van der Waals surface area contributed by atoms with Gasteiger partial charge in [-0.15, -0.1) is 0 Å². The van der Waals surface area contributed by atoms with Crippen molar-refractivity contribution in [2.45, 2.75) is 51.4 Å². The minimum absolute atomic E-state index is 0.0518. The molecule has 1 aliphatic rings. The van der Waals surface area contributed by atoms with Crippen LogP contribution < -0.4 is 10.5 Å². The summed E-state index contributed by atoms with van der Waals surface area (Å²) in [5.74, 6) is -0.386. The lowest BCUT2D eigenvalue weighted by atomic mass is 9.96. The molecule has 2 heterocycles. The van der Waals surface area contributed by atoms with Crippen molar-refractivity contribution < 1.29 is 22.7 Å². The number of piperidine rings is 1. The van der Waals surface area contributed by atoms with Crippen LogP contribution in [0.15, 0.2) is 29.1 Å². The van der Waals surface area contributed by atoms with Crippen LogP contribution in [0.3, 0.4) is 0 Å². The standard InChI is InChI=1S/C19H21F3N2O3/c1-11(27-12(2)25)17-5-3-4-8-24(17)13-6-7-16-14(9-13)15(19(20,21)22)10-18(26)23-16/h6-7,9-11,17H,3-5,8H2,1-2H3,(H,23,26). The van der Waals surface area contributed by atoms with Gasteiger partial charge in [-0.1, -0.05) is 0 Å². The van der Waals surface area contributed by atoms with Crippen LogP contribution in [0.4, 0.5) is 18.9 Å². The Morgan fingerprint density at radius 1 is 1.30 bits per heavy atom. The molecular formula is C19H21F3N2O3. The molecule has 27 heavy (non-hydrogen) atoms. The number of hydrogen-bond acceptors (Lipinski definition) is 4. The predicted molar refractivity (Wildman–Crippen MR) is 95.8 cm³/mol. The van der Waals surface area contributed by atoms with Gasteiger partial charge < -0.3 is 14.6 Å². The summed E-state index contributed by atoms with van der Waals surface area (Å²) in [5, 5.41) is -0.0518. The maximum absolute atomic E-state index is 13.4. The molecule has 2 aromatic rings. The molecule has 1 aromatic carbocycles. The first-order valence-electron chi connectivity index (χ1n) is 8.85. The number of benzene rings is 1. The molecule has 0 saturated carbocycles. The van der Waals surface area contributed by atoms with Crippen molar-refractivity contribution in [3.05, 3.63) is 40.2 Å². The Balaban J connectivity index is 2.06. The smallest absolute Gasteiger partial charge is 0.417 e. The largest absolute Gasteiger partial charge is 0.461 e. The Hall–Kier alpha value is -2.51. The summed E-state index contributed by atoms with van der Waals surface area (Å²) in [6.45, 7) is 3.79. The SMILES string of the molecule is CC(=O)OC(C)C1CCCCN1c1ccc2[nH]c(=O)cc(C(F)(F)F)c2c1.